The highest BCUT2D eigenvalue weighted by atomic mass is 19.1. The molecule has 0 bridgehead atoms. The Balaban J connectivity index is 1.60. The van der Waals surface area contributed by atoms with Crippen LogP contribution in [0.25, 0.3) is 11.1 Å². The summed E-state index contributed by atoms with van der Waals surface area (Å²) in [5.74, 6) is -1.21. The number of halogens is 1. The quantitative estimate of drug-likeness (QED) is 0.179. The molecular weight excluding hydrogens is 641 g/mol. The molecule has 1 aliphatic rings. The van der Waals surface area contributed by atoms with Crippen molar-refractivity contribution in [2.75, 3.05) is 34.2 Å². The zero-order valence-corrected chi connectivity index (χ0v) is 31.2. The zero-order chi connectivity index (χ0) is 37.1. The van der Waals surface area contributed by atoms with Gasteiger partial charge in [0.2, 0.25) is 17.7 Å². The first-order valence-electron chi connectivity index (χ1n) is 18.1. The van der Waals surface area contributed by atoms with Crippen molar-refractivity contribution in [1.29, 1.82) is 0 Å². The van der Waals surface area contributed by atoms with E-state index in [0.717, 1.165) is 53.6 Å². The van der Waals surface area contributed by atoms with E-state index in [1.54, 1.807) is 32.3 Å². The lowest BCUT2D eigenvalue weighted by atomic mass is 9.96. The third-order valence-electron chi connectivity index (χ3n) is 9.88. The monoisotopic (exact) mass is 697 g/mol. The third-order valence-corrected chi connectivity index (χ3v) is 9.88. The summed E-state index contributed by atoms with van der Waals surface area (Å²) in [6, 6.07) is 23.0. The second kappa shape index (κ2) is 18.2. The summed E-state index contributed by atoms with van der Waals surface area (Å²) >= 11 is 0. The number of nitrogens with two attached hydrogens (primary N) is 1. The maximum atomic E-state index is 14.6. The van der Waals surface area contributed by atoms with Crippen LogP contribution in [0.2, 0.25) is 0 Å². The molecule has 1 fully saturated rings. The molecule has 274 valence electrons. The molecule has 9 heteroatoms. The highest BCUT2D eigenvalue weighted by Crippen LogP contribution is 2.23. The number of hydrogen-bond donors (Lipinski definition) is 2. The molecule has 0 saturated carbocycles. The Labute approximate surface area is 303 Å². The van der Waals surface area contributed by atoms with E-state index < -0.39 is 17.6 Å². The lowest BCUT2D eigenvalue weighted by Gasteiger charge is -2.34. The highest BCUT2D eigenvalue weighted by Gasteiger charge is 2.35. The van der Waals surface area contributed by atoms with Crippen LogP contribution in [0.5, 0.6) is 0 Å². The van der Waals surface area contributed by atoms with Crippen molar-refractivity contribution in [2.45, 2.75) is 89.4 Å². The molecule has 1 aliphatic heterocycles. The van der Waals surface area contributed by atoms with E-state index >= 15 is 0 Å². The molecule has 3 atom stereocenters. The zero-order valence-electron chi connectivity index (χ0n) is 31.2. The molecule has 1 saturated heterocycles. The van der Waals surface area contributed by atoms with Gasteiger partial charge in [-0.05, 0) is 107 Å². The highest BCUT2D eigenvalue weighted by molar-refractivity contribution is 5.95. The molecule has 1 unspecified atom stereocenters. The van der Waals surface area contributed by atoms with Crippen molar-refractivity contribution in [3.05, 3.63) is 107 Å². The van der Waals surface area contributed by atoms with Gasteiger partial charge in [-0.25, -0.2) is 4.39 Å². The van der Waals surface area contributed by atoms with E-state index in [4.69, 9.17) is 5.73 Å². The Morgan fingerprint density at radius 3 is 2.18 bits per heavy atom. The second-order valence-corrected chi connectivity index (χ2v) is 14.9. The first kappa shape index (κ1) is 39.4. The molecular formula is C42H56FN5O3. The van der Waals surface area contributed by atoms with Gasteiger partial charge in [-0.1, -0.05) is 72.3 Å². The lowest BCUT2D eigenvalue weighted by Crippen LogP contribution is -2.55. The summed E-state index contributed by atoms with van der Waals surface area (Å²) in [7, 11) is 5.39. The maximum Gasteiger partial charge on any atom is 0.246 e. The Morgan fingerprint density at radius 1 is 0.941 bits per heavy atom. The van der Waals surface area contributed by atoms with Gasteiger partial charge in [-0.2, -0.15) is 0 Å². The summed E-state index contributed by atoms with van der Waals surface area (Å²) in [4.78, 5) is 47.4. The number of likely N-dealkylation sites (N-methyl/N-ethyl adjacent to an activating group) is 2. The van der Waals surface area contributed by atoms with Crippen LogP contribution in [0.15, 0.2) is 90.5 Å². The van der Waals surface area contributed by atoms with E-state index in [0.29, 0.717) is 31.8 Å². The first-order valence-corrected chi connectivity index (χ1v) is 18.1. The minimum Gasteiger partial charge on any atom is -0.354 e. The molecule has 0 spiro atoms. The maximum absolute atomic E-state index is 14.6. The van der Waals surface area contributed by atoms with Crippen molar-refractivity contribution >= 4 is 17.7 Å². The predicted octanol–water partition coefficient (Wildman–Crippen LogP) is 6.00. The topological polar surface area (TPSA) is 99.0 Å². The van der Waals surface area contributed by atoms with E-state index in [1.807, 2.05) is 75.4 Å². The SMILES string of the molecule is C/C(=C\C(=O)N(C)[C@H](Cc1ccc(-c2ccccc2)cc1)C(=O)N(C)[C@H](CCc1ccc(F)cc1)C(=O)NCCC1CCCN1C)CC(C)(C)N. The van der Waals surface area contributed by atoms with Crippen LogP contribution < -0.4 is 11.1 Å². The largest absolute Gasteiger partial charge is 0.354 e. The van der Waals surface area contributed by atoms with Gasteiger partial charge in [0, 0.05) is 44.7 Å². The normalized spacial score (nSPS) is 16.4. The lowest BCUT2D eigenvalue weighted by molar-refractivity contribution is -0.146. The number of aryl methyl sites for hydroxylation is 1. The number of carbonyl (C=O) groups excluding carboxylic acids is 3. The van der Waals surface area contributed by atoms with Gasteiger partial charge in [0.25, 0.3) is 0 Å². The molecule has 3 aromatic rings. The van der Waals surface area contributed by atoms with Crippen molar-refractivity contribution in [3.8, 4) is 11.1 Å². The number of carbonyl (C=O) groups is 3. The fraction of sp³-hybridized carbons (Fsp3) is 0.452. The third kappa shape index (κ3) is 11.9. The fourth-order valence-corrected chi connectivity index (χ4v) is 6.98. The molecule has 1 heterocycles. The summed E-state index contributed by atoms with van der Waals surface area (Å²) in [5, 5.41) is 3.10. The van der Waals surface area contributed by atoms with E-state index in [-0.39, 0.29) is 30.0 Å². The minimum absolute atomic E-state index is 0.241. The number of amides is 3. The summed E-state index contributed by atoms with van der Waals surface area (Å²) in [6.45, 7) is 7.23. The van der Waals surface area contributed by atoms with Crippen LogP contribution >= 0.6 is 0 Å². The van der Waals surface area contributed by atoms with Gasteiger partial charge in [-0.15, -0.1) is 0 Å². The summed E-state index contributed by atoms with van der Waals surface area (Å²) < 4.78 is 13.7. The first-order chi connectivity index (χ1) is 24.2. The van der Waals surface area contributed by atoms with Crippen LogP contribution in [0.4, 0.5) is 4.39 Å². The van der Waals surface area contributed by atoms with Gasteiger partial charge in [0.15, 0.2) is 0 Å². The van der Waals surface area contributed by atoms with Crippen LogP contribution in [-0.4, -0.2) is 90.3 Å². The van der Waals surface area contributed by atoms with E-state index in [9.17, 15) is 18.8 Å². The average molecular weight is 698 g/mol. The van der Waals surface area contributed by atoms with Crippen LogP contribution in [-0.2, 0) is 27.2 Å². The molecule has 8 nitrogen and oxygen atoms in total. The Kier molecular flexibility index (Phi) is 14.1. The summed E-state index contributed by atoms with van der Waals surface area (Å²) in [6.07, 6.45) is 6.21. The predicted molar refractivity (Wildman–Crippen MR) is 203 cm³/mol. The van der Waals surface area contributed by atoms with Crippen molar-refractivity contribution in [1.82, 2.24) is 20.0 Å². The molecule has 51 heavy (non-hydrogen) atoms. The number of rotatable bonds is 16. The van der Waals surface area contributed by atoms with Crippen LogP contribution in [0.1, 0.15) is 64.0 Å². The number of hydrogen-bond acceptors (Lipinski definition) is 5. The molecule has 3 aromatic carbocycles. The smallest absolute Gasteiger partial charge is 0.246 e. The molecule has 3 amide bonds. The van der Waals surface area contributed by atoms with E-state index in [1.165, 1.54) is 21.9 Å². The number of likely N-dealkylation sites (tertiary alicyclic amines) is 1. The van der Waals surface area contributed by atoms with Gasteiger partial charge in [0.05, 0.1) is 0 Å². The van der Waals surface area contributed by atoms with Crippen LogP contribution in [0, 0.1) is 5.82 Å². The van der Waals surface area contributed by atoms with Gasteiger partial charge >= 0.3 is 0 Å². The molecule has 4 rings (SSSR count). The van der Waals surface area contributed by atoms with Gasteiger partial charge in [-0.3, -0.25) is 14.4 Å². The molecule has 0 aromatic heterocycles. The van der Waals surface area contributed by atoms with Crippen molar-refractivity contribution in [3.63, 3.8) is 0 Å². The number of nitrogens with one attached hydrogen (secondary N) is 1. The molecule has 0 radical (unpaired) electrons. The Hall–Kier alpha value is -4.34. The Bertz CT molecular complexity index is 1620. The number of nitrogens with zero attached hydrogens (tertiary/aromatic N) is 3. The molecule has 3 N–H and O–H groups in total. The van der Waals surface area contributed by atoms with E-state index in [2.05, 4.69) is 17.3 Å². The second-order valence-electron chi connectivity index (χ2n) is 14.9. The van der Waals surface area contributed by atoms with Crippen molar-refractivity contribution < 1.29 is 18.8 Å². The van der Waals surface area contributed by atoms with Gasteiger partial charge in [0.1, 0.15) is 17.9 Å². The standard InChI is InChI=1S/C42H56FN5O3/c1-30(29-42(2,3)44)27-39(49)47(5)38(28-32-14-19-34(20-15-32)33-11-8-7-9-12-33)41(51)48(6)37(23-18-31-16-21-35(43)22-17-31)40(50)45-25-24-36-13-10-26-46(36)4/h7-9,11-12,14-17,19-22,27,36-38H,10,13,18,23-26,28-29,44H2,1-6H3,(H,45,50)/b30-27+/t36?,37-,38-/m1/s1. The van der Waals surface area contributed by atoms with Crippen LogP contribution in [0.3, 0.4) is 0 Å². The molecule has 0 aliphatic carbocycles. The fourth-order valence-electron chi connectivity index (χ4n) is 6.98. The Morgan fingerprint density at radius 2 is 1.57 bits per heavy atom. The van der Waals surface area contributed by atoms with Gasteiger partial charge < -0.3 is 25.8 Å². The summed E-state index contributed by atoms with van der Waals surface area (Å²) in [5.41, 5.74) is 10.4. The minimum atomic E-state index is -0.881. The van der Waals surface area contributed by atoms with Crippen molar-refractivity contribution in [2.24, 2.45) is 5.73 Å². The average Bonchev–Trinajstić information content (AvgIpc) is 3.51. The number of benzene rings is 3.